The first-order valence-electron chi connectivity index (χ1n) is 8.79. The summed E-state index contributed by atoms with van der Waals surface area (Å²) < 4.78 is 5.72. The Kier molecular flexibility index (Phi) is 6.01. The molecule has 2 heterocycles. The lowest BCUT2D eigenvalue weighted by molar-refractivity contribution is -0.121. The van der Waals surface area contributed by atoms with Gasteiger partial charge in [-0.15, -0.1) is 0 Å². The number of piperidine rings is 1. The lowest BCUT2D eigenvalue weighted by Gasteiger charge is -2.22. The third-order valence-corrected chi connectivity index (χ3v) is 4.45. The van der Waals surface area contributed by atoms with Gasteiger partial charge in [-0.05, 0) is 38.3 Å². The second kappa shape index (κ2) is 8.64. The van der Waals surface area contributed by atoms with Gasteiger partial charge in [0.2, 0.25) is 5.91 Å². The van der Waals surface area contributed by atoms with Crippen molar-refractivity contribution in [2.24, 2.45) is 5.92 Å². The Morgan fingerprint density at radius 3 is 3.00 bits per heavy atom. The number of rotatable bonds is 7. The summed E-state index contributed by atoms with van der Waals surface area (Å²) in [4.78, 5) is 16.2. The minimum absolute atomic E-state index is 0.0678. The van der Waals surface area contributed by atoms with Crippen LogP contribution in [-0.4, -0.2) is 30.5 Å². The van der Waals surface area contributed by atoms with Gasteiger partial charge in [0, 0.05) is 24.9 Å². The summed E-state index contributed by atoms with van der Waals surface area (Å²) in [5, 5.41) is 6.40. The third kappa shape index (κ3) is 4.93. The monoisotopic (exact) mass is 327 g/mol. The highest BCUT2D eigenvalue weighted by molar-refractivity contribution is 5.76. The van der Waals surface area contributed by atoms with Gasteiger partial charge < -0.3 is 15.1 Å². The summed E-state index contributed by atoms with van der Waals surface area (Å²) in [5.74, 6) is 2.12. The van der Waals surface area contributed by atoms with E-state index in [1.165, 1.54) is 12.8 Å². The topological polar surface area (TPSA) is 67.2 Å². The number of nitrogens with one attached hydrogen (secondary N) is 2. The zero-order valence-electron chi connectivity index (χ0n) is 14.0. The van der Waals surface area contributed by atoms with Crippen LogP contribution in [-0.2, 0) is 11.2 Å². The lowest BCUT2D eigenvalue weighted by atomic mass is 9.96. The van der Waals surface area contributed by atoms with Crippen LogP contribution in [0.1, 0.15) is 31.6 Å². The van der Waals surface area contributed by atoms with E-state index in [-0.39, 0.29) is 5.91 Å². The number of amides is 1. The van der Waals surface area contributed by atoms with Gasteiger partial charge in [-0.1, -0.05) is 30.3 Å². The van der Waals surface area contributed by atoms with Crippen LogP contribution in [0, 0.1) is 5.92 Å². The zero-order valence-corrected chi connectivity index (χ0v) is 14.0. The number of oxazole rings is 1. The summed E-state index contributed by atoms with van der Waals surface area (Å²) in [6.07, 6.45) is 6.23. The van der Waals surface area contributed by atoms with Crippen molar-refractivity contribution in [2.45, 2.75) is 32.1 Å². The summed E-state index contributed by atoms with van der Waals surface area (Å²) in [7, 11) is 0. The minimum atomic E-state index is 0.0678. The molecule has 0 radical (unpaired) electrons. The third-order valence-electron chi connectivity index (χ3n) is 4.45. The minimum Gasteiger partial charge on any atom is -0.441 e. The zero-order chi connectivity index (χ0) is 16.6. The number of nitrogens with zero attached hydrogens (tertiary/aromatic N) is 1. The molecular formula is C19H25N3O2. The number of hydrogen-bond donors (Lipinski definition) is 2. The van der Waals surface area contributed by atoms with Gasteiger partial charge in [0.1, 0.15) is 0 Å². The van der Waals surface area contributed by atoms with E-state index in [4.69, 9.17) is 4.42 Å². The summed E-state index contributed by atoms with van der Waals surface area (Å²) >= 11 is 0. The number of benzene rings is 1. The molecule has 1 unspecified atom stereocenters. The predicted molar refractivity (Wildman–Crippen MR) is 93.5 cm³/mol. The molecule has 24 heavy (non-hydrogen) atoms. The Hall–Kier alpha value is -2.14. The van der Waals surface area contributed by atoms with Crippen molar-refractivity contribution < 1.29 is 9.21 Å². The molecule has 1 aromatic heterocycles. The molecule has 5 nitrogen and oxygen atoms in total. The van der Waals surface area contributed by atoms with Crippen LogP contribution in [0.15, 0.2) is 40.9 Å². The molecule has 3 rings (SSSR count). The number of hydrogen-bond acceptors (Lipinski definition) is 4. The van der Waals surface area contributed by atoms with E-state index >= 15 is 0 Å². The lowest BCUT2D eigenvalue weighted by Crippen LogP contribution is -2.33. The molecule has 1 atom stereocenters. The first kappa shape index (κ1) is 16.7. The molecule has 1 aliphatic rings. The predicted octanol–water partition coefficient (Wildman–Crippen LogP) is 2.78. The first-order chi connectivity index (χ1) is 11.8. The maximum absolute atomic E-state index is 11.9. The average Bonchev–Trinajstić information content (AvgIpc) is 3.11. The van der Waals surface area contributed by atoms with Crippen LogP contribution in [0.2, 0.25) is 0 Å². The maximum Gasteiger partial charge on any atom is 0.220 e. The molecule has 1 saturated heterocycles. The van der Waals surface area contributed by atoms with Gasteiger partial charge in [-0.25, -0.2) is 4.98 Å². The Morgan fingerprint density at radius 2 is 2.21 bits per heavy atom. The van der Waals surface area contributed by atoms with Gasteiger partial charge in [-0.2, -0.15) is 0 Å². The molecule has 0 saturated carbocycles. The van der Waals surface area contributed by atoms with E-state index in [0.717, 1.165) is 37.4 Å². The Morgan fingerprint density at radius 1 is 1.33 bits per heavy atom. The van der Waals surface area contributed by atoms with Crippen molar-refractivity contribution in [2.75, 3.05) is 19.6 Å². The van der Waals surface area contributed by atoms with Crippen LogP contribution in [0.3, 0.4) is 0 Å². The Balaban J connectivity index is 1.38. The van der Waals surface area contributed by atoms with Crippen molar-refractivity contribution in [3.05, 3.63) is 42.4 Å². The molecule has 0 aliphatic carbocycles. The fourth-order valence-corrected chi connectivity index (χ4v) is 3.06. The van der Waals surface area contributed by atoms with Crippen molar-refractivity contribution in [3.8, 4) is 11.3 Å². The quantitative estimate of drug-likeness (QED) is 0.820. The van der Waals surface area contributed by atoms with E-state index in [0.29, 0.717) is 24.7 Å². The van der Waals surface area contributed by atoms with Crippen molar-refractivity contribution >= 4 is 5.91 Å². The van der Waals surface area contributed by atoms with Gasteiger partial charge >= 0.3 is 0 Å². The highest BCUT2D eigenvalue weighted by atomic mass is 16.4. The number of aryl methyl sites for hydroxylation is 1. The van der Waals surface area contributed by atoms with Crippen molar-refractivity contribution in [1.29, 1.82) is 0 Å². The smallest absolute Gasteiger partial charge is 0.220 e. The maximum atomic E-state index is 11.9. The first-order valence-corrected chi connectivity index (χ1v) is 8.79. The van der Waals surface area contributed by atoms with Crippen LogP contribution < -0.4 is 10.6 Å². The second-order valence-corrected chi connectivity index (χ2v) is 6.34. The van der Waals surface area contributed by atoms with Crippen molar-refractivity contribution in [3.63, 3.8) is 0 Å². The van der Waals surface area contributed by atoms with Crippen LogP contribution in [0.25, 0.3) is 11.3 Å². The fourth-order valence-electron chi connectivity index (χ4n) is 3.06. The number of carbonyl (C=O) groups excluding carboxylic acids is 1. The SMILES string of the molecule is O=C(CCc1ncc(-c2ccccc2)o1)NCCC1CCCNC1. The van der Waals surface area contributed by atoms with Crippen LogP contribution in [0.5, 0.6) is 0 Å². The van der Waals surface area contributed by atoms with Gasteiger partial charge in [-0.3, -0.25) is 4.79 Å². The Labute approximate surface area is 142 Å². The van der Waals surface area contributed by atoms with E-state index < -0.39 is 0 Å². The molecule has 5 heteroatoms. The van der Waals surface area contributed by atoms with Gasteiger partial charge in [0.15, 0.2) is 11.7 Å². The number of aromatic nitrogens is 1. The largest absolute Gasteiger partial charge is 0.441 e. The van der Waals surface area contributed by atoms with Gasteiger partial charge in [0.05, 0.1) is 6.20 Å². The highest BCUT2D eigenvalue weighted by Crippen LogP contribution is 2.20. The molecule has 1 fully saturated rings. The highest BCUT2D eigenvalue weighted by Gasteiger charge is 2.13. The molecule has 128 valence electrons. The van der Waals surface area contributed by atoms with Crippen LogP contribution >= 0.6 is 0 Å². The fraction of sp³-hybridized carbons (Fsp3) is 0.474. The van der Waals surface area contributed by atoms with Gasteiger partial charge in [0.25, 0.3) is 0 Å². The molecular weight excluding hydrogens is 302 g/mol. The summed E-state index contributed by atoms with van der Waals surface area (Å²) in [6.45, 7) is 2.96. The molecule has 2 aromatic rings. The van der Waals surface area contributed by atoms with E-state index in [1.54, 1.807) is 6.20 Å². The normalized spacial score (nSPS) is 17.6. The van der Waals surface area contributed by atoms with Crippen molar-refractivity contribution in [1.82, 2.24) is 15.6 Å². The summed E-state index contributed by atoms with van der Waals surface area (Å²) in [6, 6.07) is 9.86. The molecule has 0 spiro atoms. The summed E-state index contributed by atoms with van der Waals surface area (Å²) in [5.41, 5.74) is 1.00. The number of carbonyl (C=O) groups is 1. The van der Waals surface area contributed by atoms with E-state index in [9.17, 15) is 4.79 Å². The molecule has 2 N–H and O–H groups in total. The molecule has 0 bridgehead atoms. The Bertz CT molecular complexity index is 633. The van der Waals surface area contributed by atoms with Crippen LogP contribution in [0.4, 0.5) is 0 Å². The van der Waals surface area contributed by atoms with E-state index in [1.807, 2.05) is 30.3 Å². The molecule has 1 aliphatic heterocycles. The van der Waals surface area contributed by atoms with E-state index in [2.05, 4.69) is 15.6 Å². The average molecular weight is 327 g/mol. The molecule has 1 amide bonds. The standard InChI is InChI=1S/C19H25N3O2/c23-18(21-12-10-15-5-4-11-20-13-15)8-9-19-22-14-17(24-19)16-6-2-1-3-7-16/h1-3,6-7,14-15,20H,4-5,8-13H2,(H,21,23). The molecule has 1 aromatic carbocycles. The second-order valence-electron chi connectivity index (χ2n) is 6.34.